The van der Waals surface area contributed by atoms with E-state index in [0.717, 1.165) is 12.1 Å². The molecule has 1 aliphatic heterocycles. The quantitative estimate of drug-likeness (QED) is 0.265. The Balaban J connectivity index is 1.85. The van der Waals surface area contributed by atoms with Gasteiger partial charge in [-0.1, -0.05) is 29.3 Å². The van der Waals surface area contributed by atoms with Crippen LogP contribution in [-0.4, -0.2) is 93.5 Å². The maximum absolute atomic E-state index is 13.8. The molecule has 3 rings (SSSR count). The number of hydrogen-bond donors (Lipinski definition) is 4. The fourth-order valence-electron chi connectivity index (χ4n) is 5.04. The highest BCUT2D eigenvalue weighted by atomic mass is 35.5. The molecular formula is C29H38Cl2F3N5O4. The molecule has 2 aromatic carbocycles. The number of piperazine rings is 1. The van der Waals surface area contributed by atoms with E-state index >= 15 is 0 Å². The van der Waals surface area contributed by atoms with Crippen molar-refractivity contribution in [2.24, 2.45) is 0 Å². The average molecular weight is 649 g/mol. The number of amides is 2. The van der Waals surface area contributed by atoms with Crippen molar-refractivity contribution in [2.45, 2.75) is 44.2 Å². The third kappa shape index (κ3) is 9.69. The normalized spacial score (nSPS) is 17.1. The van der Waals surface area contributed by atoms with Gasteiger partial charge in [0.15, 0.2) is 0 Å². The van der Waals surface area contributed by atoms with Crippen LogP contribution in [0.25, 0.3) is 0 Å². The lowest BCUT2D eigenvalue weighted by atomic mass is 10.0. The number of nitrogens with one attached hydrogen (secondary N) is 3. The second-order valence-electron chi connectivity index (χ2n) is 10.5. The first-order valence-electron chi connectivity index (χ1n) is 13.8. The van der Waals surface area contributed by atoms with Crippen molar-refractivity contribution in [3.05, 3.63) is 63.1 Å². The first-order chi connectivity index (χ1) is 20.4. The third-order valence-corrected chi connectivity index (χ3v) is 7.78. The lowest BCUT2D eigenvalue weighted by Crippen LogP contribution is -2.61. The number of hydrogen-bond acceptors (Lipinski definition) is 7. The summed E-state index contributed by atoms with van der Waals surface area (Å²) in [5.74, 6) is -0.799. The summed E-state index contributed by atoms with van der Waals surface area (Å²) >= 11 is 12.4. The van der Waals surface area contributed by atoms with E-state index in [-0.39, 0.29) is 45.2 Å². The van der Waals surface area contributed by atoms with Crippen molar-refractivity contribution in [1.82, 2.24) is 20.9 Å². The van der Waals surface area contributed by atoms with Gasteiger partial charge in [0.25, 0.3) is 0 Å². The van der Waals surface area contributed by atoms with Crippen molar-refractivity contribution in [2.75, 3.05) is 58.5 Å². The molecule has 1 unspecified atom stereocenters. The fraction of sp³-hybridized carbons (Fsp3) is 0.517. The maximum atomic E-state index is 13.8. The molecule has 2 amide bonds. The van der Waals surface area contributed by atoms with E-state index in [1.807, 2.05) is 11.8 Å². The number of aliphatic hydroxyl groups excluding tert-OH is 1. The topological polar surface area (TPSA) is 106 Å². The average Bonchev–Trinajstić information content (AvgIpc) is 2.96. The highest BCUT2D eigenvalue weighted by Gasteiger charge is 2.36. The van der Waals surface area contributed by atoms with Gasteiger partial charge in [-0.15, -0.1) is 0 Å². The van der Waals surface area contributed by atoms with Crippen molar-refractivity contribution >= 4 is 40.7 Å². The second kappa shape index (κ2) is 15.9. The Bertz CT molecular complexity index is 1250. The summed E-state index contributed by atoms with van der Waals surface area (Å²) in [7, 11) is 3.15. The van der Waals surface area contributed by atoms with Crippen LogP contribution >= 0.6 is 23.2 Å². The molecule has 43 heavy (non-hydrogen) atoms. The number of ether oxygens (including phenoxy) is 1. The highest BCUT2D eigenvalue weighted by Crippen LogP contribution is 2.34. The zero-order valence-electron chi connectivity index (χ0n) is 24.3. The molecule has 0 aliphatic carbocycles. The molecule has 0 radical (unpaired) electrons. The van der Waals surface area contributed by atoms with Gasteiger partial charge in [-0.05, 0) is 55.4 Å². The van der Waals surface area contributed by atoms with Crippen molar-refractivity contribution in [3.8, 4) is 0 Å². The van der Waals surface area contributed by atoms with Crippen LogP contribution in [0.2, 0.25) is 10.0 Å². The van der Waals surface area contributed by atoms with Gasteiger partial charge in [-0.25, -0.2) is 0 Å². The summed E-state index contributed by atoms with van der Waals surface area (Å²) in [5, 5.41) is 19.8. The number of aliphatic hydroxyl groups is 1. The minimum atomic E-state index is -4.51. The molecule has 0 aromatic heterocycles. The molecule has 1 fully saturated rings. The van der Waals surface area contributed by atoms with Gasteiger partial charge in [0.2, 0.25) is 11.8 Å². The van der Waals surface area contributed by atoms with Crippen LogP contribution in [0.5, 0.6) is 0 Å². The largest absolute Gasteiger partial charge is 0.416 e. The van der Waals surface area contributed by atoms with Gasteiger partial charge in [-0.3, -0.25) is 9.59 Å². The standard InChI is InChI=1S/C29H38Cl2F3N5O4/c1-18(17-43-3)36-13-20-10-21(29(32,33)34)5-7-26(20)38-8-9-39(23(15-38)16-40)28(42)25(37-27(41)14-35-2)11-19-4-6-22(30)12-24(19)31/h4-7,10,12,18,23,25,35-36,40H,8-9,11,13-17H2,1-3H3,(H,37,41)/t18?,23-,25-/m1/s1. The van der Waals surface area contributed by atoms with Gasteiger partial charge < -0.3 is 35.6 Å². The van der Waals surface area contributed by atoms with Crippen LogP contribution in [0.3, 0.4) is 0 Å². The minimum absolute atomic E-state index is 0.0108. The SMILES string of the molecule is CNCC(=O)N[C@H](Cc1ccc(Cl)cc1Cl)C(=O)N1CCN(c2ccc(C(F)(F)F)cc2CNC(C)COC)C[C@@H]1CO. The van der Waals surface area contributed by atoms with Gasteiger partial charge in [-0.2, -0.15) is 13.2 Å². The van der Waals surface area contributed by atoms with Crippen LogP contribution in [0.4, 0.5) is 18.9 Å². The Morgan fingerprint density at radius 3 is 2.51 bits per heavy atom. The number of nitrogens with zero attached hydrogens (tertiary/aromatic N) is 2. The van der Waals surface area contributed by atoms with Crippen LogP contribution in [0.1, 0.15) is 23.6 Å². The highest BCUT2D eigenvalue weighted by molar-refractivity contribution is 6.35. The Labute approximate surface area is 259 Å². The zero-order valence-corrected chi connectivity index (χ0v) is 25.8. The van der Waals surface area contributed by atoms with Crippen LogP contribution < -0.4 is 20.9 Å². The number of methoxy groups -OCH3 is 1. The predicted octanol–water partition coefficient (Wildman–Crippen LogP) is 3.09. The Kier molecular flexibility index (Phi) is 12.9. The van der Waals surface area contributed by atoms with Crippen molar-refractivity contribution in [3.63, 3.8) is 0 Å². The number of rotatable bonds is 13. The van der Waals surface area contributed by atoms with E-state index in [9.17, 15) is 27.9 Å². The predicted molar refractivity (Wildman–Crippen MR) is 160 cm³/mol. The number of likely N-dealkylation sites (N-methyl/N-ethyl adjacent to an activating group) is 1. The van der Waals surface area contributed by atoms with E-state index in [1.54, 1.807) is 32.4 Å². The molecule has 0 saturated carbocycles. The molecule has 1 heterocycles. The fourth-order valence-corrected chi connectivity index (χ4v) is 5.52. The number of carbonyl (C=O) groups is 2. The van der Waals surface area contributed by atoms with Crippen molar-refractivity contribution in [1.29, 1.82) is 0 Å². The second-order valence-corrected chi connectivity index (χ2v) is 11.3. The Morgan fingerprint density at radius 2 is 1.88 bits per heavy atom. The molecule has 1 aliphatic rings. The molecule has 3 atom stereocenters. The number of carbonyl (C=O) groups excluding carboxylic acids is 2. The van der Waals surface area contributed by atoms with E-state index in [0.29, 0.717) is 40.0 Å². The molecule has 14 heteroatoms. The minimum Gasteiger partial charge on any atom is -0.394 e. The number of alkyl halides is 3. The van der Waals surface area contributed by atoms with Crippen LogP contribution in [-0.2, 0) is 33.5 Å². The smallest absolute Gasteiger partial charge is 0.394 e. The third-order valence-electron chi connectivity index (χ3n) is 7.19. The number of benzene rings is 2. The Hall–Kier alpha value is -2.61. The molecule has 0 spiro atoms. The van der Waals surface area contributed by atoms with Crippen molar-refractivity contribution < 1.29 is 32.6 Å². The molecular weight excluding hydrogens is 610 g/mol. The van der Waals surface area contributed by atoms with Crippen LogP contribution in [0.15, 0.2) is 36.4 Å². The molecule has 1 saturated heterocycles. The summed E-state index contributed by atoms with van der Waals surface area (Å²) in [6.45, 7) is 2.66. The molecule has 2 aromatic rings. The number of halogens is 5. The van der Waals surface area contributed by atoms with Crippen LogP contribution in [0, 0.1) is 0 Å². The lowest BCUT2D eigenvalue weighted by molar-refractivity contribution is -0.139. The molecule has 9 nitrogen and oxygen atoms in total. The first kappa shape index (κ1) is 34.9. The van der Waals surface area contributed by atoms with E-state index in [4.69, 9.17) is 27.9 Å². The summed E-state index contributed by atoms with van der Waals surface area (Å²) in [6.07, 6.45) is -4.42. The van der Waals surface area contributed by atoms with Gasteiger partial charge in [0, 0.05) is 61.5 Å². The van der Waals surface area contributed by atoms with E-state index < -0.39 is 35.6 Å². The van der Waals surface area contributed by atoms with Gasteiger partial charge >= 0.3 is 6.18 Å². The Morgan fingerprint density at radius 1 is 1.14 bits per heavy atom. The molecule has 0 bridgehead atoms. The number of anilines is 1. The van der Waals surface area contributed by atoms with E-state index in [1.165, 1.54) is 11.0 Å². The summed E-state index contributed by atoms with van der Waals surface area (Å²) in [5.41, 5.74) is 0.852. The summed E-state index contributed by atoms with van der Waals surface area (Å²) < 4.78 is 45.8. The summed E-state index contributed by atoms with van der Waals surface area (Å²) in [4.78, 5) is 29.7. The lowest BCUT2D eigenvalue weighted by Gasteiger charge is -2.43. The van der Waals surface area contributed by atoms with Gasteiger partial charge in [0.05, 0.1) is 31.4 Å². The summed E-state index contributed by atoms with van der Waals surface area (Å²) in [6, 6.07) is 6.70. The monoisotopic (exact) mass is 647 g/mol. The van der Waals surface area contributed by atoms with Gasteiger partial charge in [0.1, 0.15) is 6.04 Å². The van der Waals surface area contributed by atoms with E-state index in [2.05, 4.69) is 16.0 Å². The first-order valence-corrected chi connectivity index (χ1v) is 14.6. The zero-order chi connectivity index (χ0) is 31.7. The maximum Gasteiger partial charge on any atom is 0.416 e. The molecule has 238 valence electrons. The molecule has 4 N–H and O–H groups in total.